The quantitative estimate of drug-likeness (QED) is 0.772. The Morgan fingerprint density at radius 2 is 1.67 bits per heavy atom. The van der Waals surface area contributed by atoms with Gasteiger partial charge in [-0.15, -0.1) is 5.10 Å². The minimum atomic E-state index is 0.672. The van der Waals surface area contributed by atoms with Crippen LogP contribution in [-0.2, 0) is 0 Å². The maximum atomic E-state index is 4.43. The van der Waals surface area contributed by atoms with Gasteiger partial charge in [-0.2, -0.15) is 4.98 Å². The second kappa shape index (κ2) is 3.22. The first kappa shape index (κ1) is 9.96. The molecule has 0 bridgehead atoms. The van der Waals surface area contributed by atoms with E-state index in [9.17, 15) is 0 Å². The van der Waals surface area contributed by atoms with Crippen LogP contribution in [0.3, 0.4) is 0 Å². The Hall–Kier alpha value is -1.58. The van der Waals surface area contributed by atoms with Gasteiger partial charge in [-0.3, -0.25) is 0 Å². The lowest BCUT2D eigenvalue weighted by molar-refractivity contribution is 0.893. The molecule has 0 spiro atoms. The summed E-state index contributed by atoms with van der Waals surface area (Å²) in [6.07, 6.45) is 0. The van der Waals surface area contributed by atoms with Crippen LogP contribution >= 0.6 is 0 Å². The van der Waals surface area contributed by atoms with Crippen LogP contribution in [0.15, 0.2) is 0 Å². The standard InChI is InChI=1S/C11H16N4/c1-6-7(2)9(4)15-10(8(6)3)13-11(12-5)14-15/h1-5H3,(H,12,14). The van der Waals surface area contributed by atoms with Crippen LogP contribution in [0.5, 0.6) is 0 Å². The molecule has 15 heavy (non-hydrogen) atoms. The zero-order chi connectivity index (χ0) is 11.2. The molecule has 0 aromatic carbocycles. The Kier molecular flexibility index (Phi) is 2.14. The van der Waals surface area contributed by atoms with Crippen LogP contribution < -0.4 is 5.32 Å². The molecule has 2 rings (SSSR count). The average molecular weight is 204 g/mol. The smallest absolute Gasteiger partial charge is 0.242 e. The molecule has 80 valence electrons. The highest BCUT2D eigenvalue weighted by molar-refractivity contribution is 5.56. The highest BCUT2D eigenvalue weighted by Crippen LogP contribution is 2.21. The number of aromatic nitrogens is 3. The fraction of sp³-hybridized carbons (Fsp3) is 0.455. The number of pyridine rings is 1. The Bertz CT molecular complexity index is 480. The summed E-state index contributed by atoms with van der Waals surface area (Å²) in [6.45, 7) is 8.41. The van der Waals surface area contributed by atoms with Gasteiger partial charge >= 0.3 is 0 Å². The van der Waals surface area contributed by atoms with Gasteiger partial charge in [-0.25, -0.2) is 4.52 Å². The summed E-state index contributed by atoms with van der Waals surface area (Å²) in [6, 6.07) is 0. The highest BCUT2D eigenvalue weighted by atomic mass is 15.3. The van der Waals surface area contributed by atoms with Crippen molar-refractivity contribution in [2.45, 2.75) is 27.7 Å². The van der Waals surface area contributed by atoms with Crippen LogP contribution in [0.25, 0.3) is 5.65 Å². The first-order valence-electron chi connectivity index (χ1n) is 5.07. The van der Waals surface area contributed by atoms with Crippen molar-refractivity contribution in [3.05, 3.63) is 22.4 Å². The van der Waals surface area contributed by atoms with Gasteiger partial charge in [0.1, 0.15) is 0 Å². The van der Waals surface area contributed by atoms with Gasteiger partial charge in [0.2, 0.25) is 5.95 Å². The van der Waals surface area contributed by atoms with Crippen molar-refractivity contribution in [2.24, 2.45) is 0 Å². The molecule has 2 aromatic heterocycles. The zero-order valence-corrected chi connectivity index (χ0v) is 9.84. The molecule has 0 atom stereocenters. The lowest BCUT2D eigenvalue weighted by atomic mass is 10.0. The van der Waals surface area contributed by atoms with Crippen molar-refractivity contribution in [3.8, 4) is 0 Å². The van der Waals surface area contributed by atoms with Crippen molar-refractivity contribution >= 4 is 11.6 Å². The lowest BCUT2D eigenvalue weighted by Crippen LogP contribution is -2.02. The summed E-state index contributed by atoms with van der Waals surface area (Å²) in [5.74, 6) is 0.672. The first-order chi connectivity index (χ1) is 7.06. The Morgan fingerprint density at radius 1 is 1.00 bits per heavy atom. The van der Waals surface area contributed by atoms with Gasteiger partial charge in [-0.05, 0) is 44.4 Å². The number of anilines is 1. The minimum Gasteiger partial charge on any atom is -0.356 e. The van der Waals surface area contributed by atoms with Crippen molar-refractivity contribution in [2.75, 3.05) is 12.4 Å². The number of aryl methyl sites for hydroxylation is 2. The second-order valence-electron chi connectivity index (χ2n) is 3.88. The molecule has 4 nitrogen and oxygen atoms in total. The van der Waals surface area contributed by atoms with E-state index >= 15 is 0 Å². The van der Waals surface area contributed by atoms with E-state index in [0.29, 0.717) is 5.95 Å². The number of rotatable bonds is 1. The molecule has 4 heteroatoms. The summed E-state index contributed by atoms with van der Waals surface area (Å²) in [4.78, 5) is 4.43. The van der Waals surface area contributed by atoms with Crippen LogP contribution in [0.2, 0.25) is 0 Å². The van der Waals surface area contributed by atoms with Crippen molar-refractivity contribution in [3.63, 3.8) is 0 Å². The van der Waals surface area contributed by atoms with Crippen LogP contribution in [0.4, 0.5) is 5.95 Å². The molecule has 1 N–H and O–H groups in total. The predicted molar refractivity (Wildman–Crippen MR) is 61.5 cm³/mol. The maximum Gasteiger partial charge on any atom is 0.242 e. The van der Waals surface area contributed by atoms with Gasteiger partial charge in [0.25, 0.3) is 0 Å². The number of nitrogens with zero attached hydrogens (tertiary/aromatic N) is 3. The molecule has 0 amide bonds. The van der Waals surface area contributed by atoms with E-state index in [1.807, 2.05) is 11.6 Å². The van der Waals surface area contributed by atoms with Crippen molar-refractivity contribution in [1.82, 2.24) is 14.6 Å². The van der Waals surface area contributed by atoms with Gasteiger partial charge in [-0.1, -0.05) is 0 Å². The van der Waals surface area contributed by atoms with E-state index in [0.717, 1.165) is 11.3 Å². The SMILES string of the molecule is CNc1nc2c(C)c(C)c(C)c(C)n2n1. The fourth-order valence-electron chi connectivity index (χ4n) is 1.77. The molecule has 0 unspecified atom stereocenters. The summed E-state index contributed by atoms with van der Waals surface area (Å²) in [5.41, 5.74) is 5.89. The molecule has 0 saturated heterocycles. The molecule has 0 radical (unpaired) electrons. The molecular weight excluding hydrogens is 188 g/mol. The molecular formula is C11H16N4. The zero-order valence-electron chi connectivity index (χ0n) is 9.84. The Balaban J connectivity index is 2.90. The molecule has 0 aliphatic carbocycles. The minimum absolute atomic E-state index is 0.672. The summed E-state index contributed by atoms with van der Waals surface area (Å²) >= 11 is 0. The second-order valence-corrected chi connectivity index (χ2v) is 3.88. The van der Waals surface area contributed by atoms with E-state index in [1.54, 1.807) is 0 Å². The molecule has 0 aliphatic rings. The molecule has 0 aliphatic heterocycles. The normalized spacial score (nSPS) is 11.0. The number of hydrogen-bond donors (Lipinski definition) is 1. The third-order valence-corrected chi connectivity index (χ3v) is 3.15. The molecule has 0 fully saturated rings. The number of nitrogens with one attached hydrogen (secondary N) is 1. The van der Waals surface area contributed by atoms with E-state index in [-0.39, 0.29) is 0 Å². The maximum absolute atomic E-state index is 4.43. The molecule has 2 heterocycles. The summed E-state index contributed by atoms with van der Waals surface area (Å²) < 4.78 is 1.91. The monoisotopic (exact) mass is 204 g/mol. The van der Waals surface area contributed by atoms with Crippen LogP contribution in [0, 0.1) is 27.7 Å². The topological polar surface area (TPSA) is 42.2 Å². The fourth-order valence-corrected chi connectivity index (χ4v) is 1.77. The Morgan fingerprint density at radius 3 is 2.27 bits per heavy atom. The number of hydrogen-bond acceptors (Lipinski definition) is 3. The number of fused-ring (bicyclic) bond motifs is 1. The summed E-state index contributed by atoms with van der Waals surface area (Å²) in [5, 5.41) is 7.35. The molecule has 0 saturated carbocycles. The van der Waals surface area contributed by atoms with Gasteiger partial charge in [0.05, 0.1) is 0 Å². The lowest BCUT2D eigenvalue weighted by Gasteiger charge is -2.09. The van der Waals surface area contributed by atoms with Gasteiger partial charge in [0.15, 0.2) is 5.65 Å². The molecule has 2 aromatic rings. The largest absolute Gasteiger partial charge is 0.356 e. The first-order valence-corrected chi connectivity index (χ1v) is 5.07. The average Bonchev–Trinajstić information content (AvgIpc) is 2.67. The van der Waals surface area contributed by atoms with E-state index in [1.165, 1.54) is 16.7 Å². The van der Waals surface area contributed by atoms with Gasteiger partial charge in [0, 0.05) is 12.7 Å². The summed E-state index contributed by atoms with van der Waals surface area (Å²) in [7, 11) is 1.83. The van der Waals surface area contributed by atoms with Crippen LogP contribution in [0.1, 0.15) is 22.4 Å². The van der Waals surface area contributed by atoms with Crippen LogP contribution in [-0.4, -0.2) is 21.6 Å². The third-order valence-electron chi connectivity index (χ3n) is 3.15. The van der Waals surface area contributed by atoms with E-state index < -0.39 is 0 Å². The van der Waals surface area contributed by atoms with Crippen molar-refractivity contribution in [1.29, 1.82) is 0 Å². The highest BCUT2D eigenvalue weighted by Gasteiger charge is 2.12. The van der Waals surface area contributed by atoms with E-state index in [2.05, 4.69) is 43.1 Å². The van der Waals surface area contributed by atoms with Gasteiger partial charge < -0.3 is 5.32 Å². The van der Waals surface area contributed by atoms with E-state index in [4.69, 9.17) is 0 Å². The third kappa shape index (κ3) is 1.28. The predicted octanol–water partition coefficient (Wildman–Crippen LogP) is 2.00. The van der Waals surface area contributed by atoms with Crippen molar-refractivity contribution < 1.29 is 0 Å². The Labute approximate surface area is 89.3 Å².